The van der Waals surface area contributed by atoms with Crippen LogP contribution in [-0.2, 0) is 20.2 Å². The first-order valence-corrected chi connectivity index (χ1v) is 8.45. The van der Waals surface area contributed by atoms with Gasteiger partial charge in [0.25, 0.3) is 5.91 Å². The van der Waals surface area contributed by atoms with Crippen LogP contribution in [0.25, 0.3) is 0 Å². The number of benzene rings is 2. The highest BCUT2D eigenvalue weighted by molar-refractivity contribution is 7.90. The van der Waals surface area contributed by atoms with Crippen molar-refractivity contribution in [3.63, 3.8) is 0 Å². The summed E-state index contributed by atoms with van der Waals surface area (Å²) in [6, 6.07) is 12.5. The van der Waals surface area contributed by atoms with Crippen LogP contribution in [0.5, 0.6) is 0 Å². The molecule has 116 valence electrons. The minimum absolute atomic E-state index is 0.0561. The first-order valence-electron chi connectivity index (χ1n) is 6.56. The molecule has 0 fully saturated rings. The molecule has 0 saturated carbocycles. The van der Waals surface area contributed by atoms with Gasteiger partial charge in [0.05, 0.1) is 4.90 Å². The standard InChI is InChI=1S/C16H17NO4S/c1-11-8-9-13(10-14(11)22(2,20)21)16(19,15(17)18)12-6-4-3-5-7-12/h3-10,19H,1-2H3,(H2,17,18). The number of amides is 1. The fourth-order valence-corrected chi connectivity index (χ4v) is 3.35. The summed E-state index contributed by atoms with van der Waals surface area (Å²) in [6.45, 7) is 1.64. The largest absolute Gasteiger partial charge is 0.372 e. The monoisotopic (exact) mass is 319 g/mol. The van der Waals surface area contributed by atoms with Crippen LogP contribution in [0.4, 0.5) is 0 Å². The number of aliphatic hydroxyl groups is 1. The molecule has 1 atom stereocenters. The van der Waals surface area contributed by atoms with E-state index in [1.807, 2.05) is 0 Å². The van der Waals surface area contributed by atoms with E-state index in [9.17, 15) is 18.3 Å². The molecule has 2 rings (SSSR count). The molecule has 0 aromatic heterocycles. The molecule has 6 heteroatoms. The van der Waals surface area contributed by atoms with Crippen molar-refractivity contribution >= 4 is 15.7 Å². The van der Waals surface area contributed by atoms with Gasteiger partial charge in [-0.3, -0.25) is 4.79 Å². The smallest absolute Gasteiger partial charge is 0.258 e. The molecule has 5 nitrogen and oxygen atoms in total. The Labute approximate surface area is 129 Å². The summed E-state index contributed by atoms with van der Waals surface area (Å²) in [4.78, 5) is 11.9. The molecule has 1 amide bonds. The van der Waals surface area contributed by atoms with Gasteiger partial charge in [0, 0.05) is 6.26 Å². The summed E-state index contributed by atoms with van der Waals surface area (Å²) in [7, 11) is -3.49. The number of hydrogen-bond donors (Lipinski definition) is 2. The molecule has 22 heavy (non-hydrogen) atoms. The lowest BCUT2D eigenvalue weighted by Gasteiger charge is -2.26. The van der Waals surface area contributed by atoms with Gasteiger partial charge in [0.15, 0.2) is 15.4 Å². The maximum atomic E-state index is 11.9. The SMILES string of the molecule is Cc1ccc(C(O)(C(N)=O)c2ccccc2)cc1S(C)(=O)=O. The predicted octanol–water partition coefficient (Wildman–Crippen LogP) is 1.12. The number of aryl methyl sites for hydroxylation is 1. The molecule has 0 aliphatic carbocycles. The number of carbonyl (C=O) groups is 1. The Morgan fingerprint density at radius 2 is 1.68 bits per heavy atom. The van der Waals surface area contributed by atoms with E-state index >= 15 is 0 Å². The van der Waals surface area contributed by atoms with Crippen LogP contribution >= 0.6 is 0 Å². The maximum Gasteiger partial charge on any atom is 0.258 e. The van der Waals surface area contributed by atoms with Gasteiger partial charge in [-0.1, -0.05) is 42.5 Å². The Morgan fingerprint density at radius 3 is 2.18 bits per heavy atom. The van der Waals surface area contributed by atoms with E-state index in [1.54, 1.807) is 43.3 Å². The average molecular weight is 319 g/mol. The van der Waals surface area contributed by atoms with Gasteiger partial charge in [-0.2, -0.15) is 0 Å². The molecular formula is C16H17NO4S. The Kier molecular flexibility index (Phi) is 4.08. The van der Waals surface area contributed by atoms with Crippen LogP contribution in [0, 0.1) is 6.92 Å². The van der Waals surface area contributed by atoms with Crippen LogP contribution in [0.2, 0.25) is 0 Å². The normalized spacial score (nSPS) is 14.3. The lowest BCUT2D eigenvalue weighted by molar-refractivity contribution is -0.133. The summed E-state index contributed by atoms with van der Waals surface area (Å²) in [5, 5.41) is 10.8. The number of rotatable bonds is 4. The highest BCUT2D eigenvalue weighted by atomic mass is 32.2. The van der Waals surface area contributed by atoms with Crippen molar-refractivity contribution in [2.75, 3.05) is 6.26 Å². The molecule has 0 radical (unpaired) electrons. The van der Waals surface area contributed by atoms with Crippen LogP contribution in [0.15, 0.2) is 53.4 Å². The summed E-state index contributed by atoms with van der Waals surface area (Å²) < 4.78 is 23.7. The van der Waals surface area contributed by atoms with Crippen LogP contribution < -0.4 is 5.73 Å². The number of nitrogens with two attached hydrogens (primary N) is 1. The average Bonchev–Trinajstić information content (AvgIpc) is 2.46. The van der Waals surface area contributed by atoms with Crippen molar-refractivity contribution in [1.82, 2.24) is 0 Å². The summed E-state index contributed by atoms with van der Waals surface area (Å²) >= 11 is 0. The molecule has 2 aromatic rings. The predicted molar refractivity (Wildman–Crippen MR) is 82.9 cm³/mol. The molecule has 0 saturated heterocycles. The van der Waals surface area contributed by atoms with Crippen LogP contribution in [0.1, 0.15) is 16.7 Å². The van der Waals surface area contributed by atoms with E-state index < -0.39 is 21.3 Å². The van der Waals surface area contributed by atoms with E-state index in [4.69, 9.17) is 5.73 Å². The minimum atomic E-state index is -3.49. The fourth-order valence-electron chi connectivity index (χ4n) is 2.36. The molecule has 0 heterocycles. The summed E-state index contributed by atoms with van der Waals surface area (Å²) in [5.74, 6) is -0.970. The third-order valence-electron chi connectivity index (χ3n) is 3.55. The van der Waals surface area contributed by atoms with E-state index in [2.05, 4.69) is 0 Å². The van der Waals surface area contributed by atoms with Crippen LogP contribution in [0.3, 0.4) is 0 Å². The second-order valence-corrected chi connectivity index (χ2v) is 7.18. The number of primary amides is 1. The van der Waals surface area contributed by atoms with Crippen molar-refractivity contribution in [1.29, 1.82) is 0 Å². The van der Waals surface area contributed by atoms with Gasteiger partial charge in [-0.05, 0) is 29.7 Å². The third-order valence-corrected chi connectivity index (χ3v) is 4.79. The quantitative estimate of drug-likeness (QED) is 0.882. The zero-order valence-electron chi connectivity index (χ0n) is 12.3. The van der Waals surface area contributed by atoms with Gasteiger partial charge >= 0.3 is 0 Å². The molecule has 3 N–H and O–H groups in total. The van der Waals surface area contributed by atoms with E-state index in [0.29, 0.717) is 5.56 Å². The van der Waals surface area contributed by atoms with Gasteiger partial charge in [-0.25, -0.2) is 8.42 Å². The van der Waals surface area contributed by atoms with Gasteiger partial charge in [0.2, 0.25) is 0 Å². The van der Waals surface area contributed by atoms with Crippen LogP contribution in [-0.4, -0.2) is 25.7 Å². The Balaban J connectivity index is 2.73. The number of hydrogen-bond acceptors (Lipinski definition) is 4. The highest BCUT2D eigenvalue weighted by Crippen LogP contribution is 2.31. The highest BCUT2D eigenvalue weighted by Gasteiger charge is 2.38. The van der Waals surface area contributed by atoms with E-state index in [0.717, 1.165) is 6.26 Å². The topological polar surface area (TPSA) is 97.5 Å². The second-order valence-electron chi connectivity index (χ2n) is 5.19. The van der Waals surface area contributed by atoms with Gasteiger partial charge in [-0.15, -0.1) is 0 Å². The summed E-state index contributed by atoms with van der Waals surface area (Å²) in [5.41, 5.74) is 4.24. The lowest BCUT2D eigenvalue weighted by Crippen LogP contribution is -2.42. The Bertz CT molecular complexity index is 815. The number of sulfone groups is 1. The minimum Gasteiger partial charge on any atom is -0.372 e. The summed E-state index contributed by atoms with van der Waals surface area (Å²) in [6.07, 6.45) is 1.07. The number of carbonyl (C=O) groups excluding carboxylic acids is 1. The van der Waals surface area contributed by atoms with Crippen molar-refractivity contribution in [2.24, 2.45) is 5.73 Å². The van der Waals surface area contributed by atoms with E-state index in [1.165, 1.54) is 12.1 Å². The molecule has 0 aliphatic heterocycles. The first-order chi connectivity index (χ1) is 10.2. The van der Waals surface area contributed by atoms with Gasteiger partial charge in [0.1, 0.15) is 0 Å². The van der Waals surface area contributed by atoms with E-state index in [-0.39, 0.29) is 16.0 Å². The maximum absolute atomic E-state index is 11.9. The molecular weight excluding hydrogens is 302 g/mol. The molecule has 0 aliphatic rings. The zero-order chi connectivity index (χ0) is 16.5. The van der Waals surface area contributed by atoms with Crippen molar-refractivity contribution in [3.05, 3.63) is 65.2 Å². The fraction of sp³-hybridized carbons (Fsp3) is 0.188. The Hall–Kier alpha value is -2.18. The molecule has 2 aromatic carbocycles. The zero-order valence-corrected chi connectivity index (χ0v) is 13.1. The Morgan fingerprint density at radius 1 is 1.09 bits per heavy atom. The molecule has 0 bridgehead atoms. The molecule has 1 unspecified atom stereocenters. The third kappa shape index (κ3) is 2.75. The molecule has 0 spiro atoms. The first kappa shape index (κ1) is 16.2. The second kappa shape index (κ2) is 5.55. The van der Waals surface area contributed by atoms with Crippen molar-refractivity contribution in [2.45, 2.75) is 17.4 Å². The van der Waals surface area contributed by atoms with Crippen molar-refractivity contribution in [3.8, 4) is 0 Å². The lowest BCUT2D eigenvalue weighted by atomic mass is 9.85. The van der Waals surface area contributed by atoms with Crippen molar-refractivity contribution < 1.29 is 18.3 Å². The van der Waals surface area contributed by atoms with Gasteiger partial charge < -0.3 is 10.8 Å².